The van der Waals surface area contributed by atoms with E-state index in [1.165, 1.54) is 31.2 Å². The van der Waals surface area contributed by atoms with Crippen molar-refractivity contribution >= 4 is 17.3 Å². The lowest BCUT2D eigenvalue weighted by molar-refractivity contribution is -0.384. The van der Waals surface area contributed by atoms with Crippen LogP contribution in [0.1, 0.15) is 6.92 Å². The fourth-order valence-electron chi connectivity index (χ4n) is 1.61. The number of nitrogens with one attached hydrogen (secondary N) is 1. The predicted octanol–water partition coefficient (Wildman–Crippen LogP) is -0.485. The fraction of sp³-hybridized carbons (Fsp3) is 0.300. The number of aliphatic hydroxyl groups is 2. The van der Waals surface area contributed by atoms with Crippen molar-refractivity contribution in [2.45, 2.75) is 18.8 Å². The monoisotopic (exact) mass is 253 g/mol. The van der Waals surface area contributed by atoms with Gasteiger partial charge in [0, 0.05) is 12.1 Å². The van der Waals surface area contributed by atoms with Crippen LogP contribution in [0.25, 0.3) is 0 Å². The highest BCUT2D eigenvalue weighted by atomic mass is 16.6. The second kappa shape index (κ2) is 4.02. The lowest BCUT2D eigenvalue weighted by Gasteiger charge is -2.16. The van der Waals surface area contributed by atoms with Crippen molar-refractivity contribution in [3.63, 3.8) is 0 Å². The normalized spacial score (nSPS) is 22.3. The number of nitro groups is 1. The maximum atomic E-state index is 11.7. The molecule has 96 valence electrons. The molecule has 8 nitrogen and oxygen atoms in total. The van der Waals surface area contributed by atoms with Gasteiger partial charge >= 0.3 is 5.91 Å². The number of hydrogen-bond acceptors (Lipinski definition) is 6. The first-order valence-electron chi connectivity index (χ1n) is 5.14. The van der Waals surface area contributed by atoms with E-state index in [9.17, 15) is 25.1 Å². The number of anilines is 1. The van der Waals surface area contributed by atoms with Crippen LogP contribution in [0.15, 0.2) is 24.3 Å². The molecule has 18 heavy (non-hydrogen) atoms. The first kappa shape index (κ1) is 12.4. The molecule has 1 amide bonds. The SMILES string of the molecule is CC1NN(c2ccc([N+](=O)[O-])cc2)C(=O)C1(O)O. The highest BCUT2D eigenvalue weighted by molar-refractivity contribution is 6.00. The quantitative estimate of drug-likeness (QED) is 0.372. The molecule has 0 aliphatic carbocycles. The second-order valence-corrected chi connectivity index (χ2v) is 3.99. The molecule has 0 spiro atoms. The van der Waals surface area contributed by atoms with Crippen molar-refractivity contribution < 1.29 is 19.9 Å². The zero-order chi connectivity index (χ0) is 13.5. The van der Waals surface area contributed by atoms with E-state index in [0.717, 1.165) is 5.01 Å². The van der Waals surface area contributed by atoms with Gasteiger partial charge in [0.05, 0.1) is 16.7 Å². The summed E-state index contributed by atoms with van der Waals surface area (Å²) in [5.74, 6) is -3.41. The fourth-order valence-corrected chi connectivity index (χ4v) is 1.61. The average Bonchev–Trinajstić information content (AvgIpc) is 2.53. The van der Waals surface area contributed by atoms with Crippen molar-refractivity contribution in [3.8, 4) is 0 Å². The van der Waals surface area contributed by atoms with Crippen LogP contribution < -0.4 is 10.4 Å². The van der Waals surface area contributed by atoms with E-state index >= 15 is 0 Å². The molecule has 1 saturated heterocycles. The molecular weight excluding hydrogens is 242 g/mol. The third-order valence-electron chi connectivity index (χ3n) is 2.76. The van der Waals surface area contributed by atoms with Gasteiger partial charge in [-0.05, 0) is 19.1 Å². The van der Waals surface area contributed by atoms with Crippen molar-refractivity contribution in [2.75, 3.05) is 5.01 Å². The number of rotatable bonds is 2. The molecule has 0 aromatic heterocycles. The average molecular weight is 253 g/mol. The van der Waals surface area contributed by atoms with Crippen LogP contribution in [0.4, 0.5) is 11.4 Å². The summed E-state index contributed by atoms with van der Waals surface area (Å²) in [6.07, 6.45) is 0. The molecule has 3 N–H and O–H groups in total. The largest absolute Gasteiger partial charge is 0.357 e. The highest BCUT2D eigenvalue weighted by Crippen LogP contribution is 2.25. The van der Waals surface area contributed by atoms with Gasteiger partial charge in [0.15, 0.2) is 0 Å². The zero-order valence-corrected chi connectivity index (χ0v) is 9.40. The van der Waals surface area contributed by atoms with Crippen LogP contribution in [-0.2, 0) is 4.79 Å². The van der Waals surface area contributed by atoms with E-state index in [2.05, 4.69) is 5.43 Å². The number of amides is 1. The van der Waals surface area contributed by atoms with Gasteiger partial charge in [-0.25, -0.2) is 10.4 Å². The minimum absolute atomic E-state index is 0.113. The van der Waals surface area contributed by atoms with Crippen LogP contribution >= 0.6 is 0 Å². The summed E-state index contributed by atoms with van der Waals surface area (Å²) < 4.78 is 0. The Morgan fingerprint density at radius 2 is 1.94 bits per heavy atom. The first-order valence-corrected chi connectivity index (χ1v) is 5.14. The van der Waals surface area contributed by atoms with Crippen molar-refractivity contribution in [3.05, 3.63) is 34.4 Å². The third kappa shape index (κ3) is 1.82. The molecule has 2 rings (SSSR count). The number of hydrogen-bond donors (Lipinski definition) is 3. The Balaban J connectivity index is 2.28. The number of non-ortho nitro benzene ring substituents is 1. The number of nitro benzene ring substituents is 1. The molecular formula is C10H11N3O5. The van der Waals surface area contributed by atoms with E-state index in [-0.39, 0.29) is 5.69 Å². The van der Waals surface area contributed by atoms with Gasteiger partial charge in [-0.3, -0.25) is 14.9 Å². The summed E-state index contributed by atoms with van der Waals surface area (Å²) in [5.41, 5.74) is 2.75. The molecule has 1 atom stereocenters. The summed E-state index contributed by atoms with van der Waals surface area (Å²) in [5, 5.41) is 30.4. The van der Waals surface area contributed by atoms with E-state index in [4.69, 9.17) is 0 Å². The van der Waals surface area contributed by atoms with E-state index in [1.54, 1.807) is 0 Å². The van der Waals surface area contributed by atoms with E-state index < -0.39 is 22.7 Å². The molecule has 0 radical (unpaired) electrons. The molecule has 1 aromatic rings. The van der Waals surface area contributed by atoms with Gasteiger partial charge in [0.1, 0.15) is 0 Å². The first-order chi connectivity index (χ1) is 8.34. The third-order valence-corrected chi connectivity index (χ3v) is 2.76. The lowest BCUT2D eigenvalue weighted by Crippen LogP contribution is -2.44. The Morgan fingerprint density at radius 3 is 2.33 bits per heavy atom. The van der Waals surface area contributed by atoms with Crippen LogP contribution in [-0.4, -0.2) is 32.9 Å². The van der Waals surface area contributed by atoms with Crippen molar-refractivity contribution in [2.24, 2.45) is 0 Å². The van der Waals surface area contributed by atoms with Crippen molar-refractivity contribution in [1.82, 2.24) is 5.43 Å². The molecule has 1 heterocycles. The summed E-state index contributed by atoms with van der Waals surface area (Å²) in [6, 6.07) is 4.27. The van der Waals surface area contributed by atoms with Gasteiger partial charge in [-0.15, -0.1) is 0 Å². The molecule has 1 aliphatic heterocycles. The summed E-state index contributed by atoms with van der Waals surface area (Å²) in [6.45, 7) is 1.43. The summed E-state index contributed by atoms with van der Waals surface area (Å²) in [4.78, 5) is 21.6. The Bertz CT molecular complexity index is 499. The topological polar surface area (TPSA) is 116 Å². The van der Waals surface area contributed by atoms with Gasteiger partial charge in [-0.1, -0.05) is 0 Å². The molecule has 1 aliphatic rings. The Labute approximate surface area is 102 Å². The molecule has 1 fully saturated rings. The van der Waals surface area contributed by atoms with Gasteiger partial charge in [0.25, 0.3) is 11.5 Å². The number of carbonyl (C=O) groups excluding carboxylic acids is 1. The number of benzene rings is 1. The Kier molecular flexibility index (Phi) is 2.77. The summed E-state index contributed by atoms with van der Waals surface area (Å²) >= 11 is 0. The minimum Gasteiger partial charge on any atom is -0.357 e. The van der Waals surface area contributed by atoms with Crippen LogP contribution in [0.2, 0.25) is 0 Å². The molecule has 1 unspecified atom stereocenters. The number of hydrazine groups is 1. The van der Waals surface area contributed by atoms with Gasteiger partial charge in [0.2, 0.25) is 0 Å². The van der Waals surface area contributed by atoms with Crippen LogP contribution in [0, 0.1) is 10.1 Å². The summed E-state index contributed by atoms with van der Waals surface area (Å²) in [7, 11) is 0. The highest BCUT2D eigenvalue weighted by Gasteiger charge is 2.50. The Morgan fingerprint density at radius 1 is 1.39 bits per heavy atom. The van der Waals surface area contributed by atoms with Gasteiger partial charge in [-0.2, -0.15) is 0 Å². The lowest BCUT2D eigenvalue weighted by atomic mass is 10.1. The van der Waals surface area contributed by atoms with Gasteiger partial charge < -0.3 is 10.2 Å². The van der Waals surface area contributed by atoms with E-state index in [0.29, 0.717) is 5.69 Å². The minimum atomic E-state index is -2.48. The molecule has 8 heteroatoms. The second-order valence-electron chi connectivity index (χ2n) is 3.99. The maximum absolute atomic E-state index is 11.7. The van der Waals surface area contributed by atoms with Crippen LogP contribution in [0.5, 0.6) is 0 Å². The predicted molar refractivity (Wildman–Crippen MR) is 60.3 cm³/mol. The smallest absolute Gasteiger partial charge is 0.303 e. The number of carbonyl (C=O) groups is 1. The van der Waals surface area contributed by atoms with Crippen LogP contribution in [0.3, 0.4) is 0 Å². The maximum Gasteiger partial charge on any atom is 0.303 e. The van der Waals surface area contributed by atoms with Crippen molar-refractivity contribution in [1.29, 1.82) is 0 Å². The molecule has 0 bridgehead atoms. The zero-order valence-electron chi connectivity index (χ0n) is 9.40. The molecule has 1 aromatic carbocycles. The molecule has 0 saturated carbocycles. The Hall–Kier alpha value is -2.03. The van der Waals surface area contributed by atoms with E-state index in [1.807, 2.05) is 0 Å². The number of nitrogens with zero attached hydrogens (tertiary/aromatic N) is 2. The standard InChI is InChI=1S/C10H11N3O5/c1-6-10(15,16)9(14)12(11-6)7-2-4-8(5-3-7)13(17)18/h2-6,11,15-16H,1H3.